The quantitative estimate of drug-likeness (QED) is 0.867. The van der Waals surface area contributed by atoms with Crippen LogP contribution in [0.1, 0.15) is 25.0 Å². The highest BCUT2D eigenvalue weighted by atomic mass is 35.5. The minimum absolute atomic E-state index is 0.259. The molecule has 3 atom stereocenters. The van der Waals surface area contributed by atoms with E-state index in [1.165, 1.54) is 18.2 Å². The van der Waals surface area contributed by atoms with Gasteiger partial charge in [0.25, 0.3) is 0 Å². The number of benzene rings is 1. The third kappa shape index (κ3) is 2.21. The topological polar surface area (TPSA) is 29.5 Å². The van der Waals surface area contributed by atoms with Crippen molar-refractivity contribution in [1.82, 2.24) is 0 Å². The smallest absolute Gasteiger partial charge is 0.123 e. The Morgan fingerprint density at radius 3 is 2.94 bits per heavy atom. The molecule has 1 aliphatic rings. The van der Waals surface area contributed by atoms with Crippen molar-refractivity contribution in [2.24, 2.45) is 5.92 Å². The lowest BCUT2D eigenvalue weighted by Gasteiger charge is -2.22. The van der Waals surface area contributed by atoms with E-state index in [1.54, 1.807) is 0 Å². The highest BCUT2D eigenvalue weighted by molar-refractivity contribution is 6.31. The van der Waals surface area contributed by atoms with Crippen molar-refractivity contribution in [2.45, 2.75) is 25.6 Å². The molecular weight excluding hydrogens is 231 g/mol. The Labute approximate surface area is 99.0 Å². The standard InChI is InChI=1S/C12H14ClFO2/c1-7-4-5-16-12(7)11(15)9-6-8(14)2-3-10(9)13/h2-3,6-7,11-12,15H,4-5H2,1H3. The zero-order valence-electron chi connectivity index (χ0n) is 8.99. The molecule has 0 aromatic heterocycles. The molecule has 0 spiro atoms. The van der Waals surface area contributed by atoms with Crippen LogP contribution in [0.2, 0.25) is 5.02 Å². The molecular formula is C12H14ClFO2. The van der Waals surface area contributed by atoms with Gasteiger partial charge in [-0.3, -0.25) is 0 Å². The first-order chi connectivity index (χ1) is 7.59. The van der Waals surface area contributed by atoms with Gasteiger partial charge in [-0.05, 0) is 30.5 Å². The van der Waals surface area contributed by atoms with E-state index in [1.807, 2.05) is 6.92 Å². The first kappa shape index (κ1) is 11.8. The largest absolute Gasteiger partial charge is 0.386 e. The normalized spacial score (nSPS) is 27.0. The number of aliphatic hydroxyl groups is 1. The molecule has 1 aliphatic heterocycles. The van der Waals surface area contributed by atoms with Gasteiger partial charge < -0.3 is 9.84 Å². The Hall–Kier alpha value is -0.640. The van der Waals surface area contributed by atoms with Gasteiger partial charge in [0, 0.05) is 17.2 Å². The van der Waals surface area contributed by atoms with Crippen LogP contribution in [0.3, 0.4) is 0 Å². The molecule has 0 radical (unpaired) electrons. The van der Waals surface area contributed by atoms with E-state index in [0.29, 0.717) is 17.2 Å². The Bertz CT molecular complexity index is 383. The molecule has 0 aliphatic carbocycles. The van der Waals surface area contributed by atoms with E-state index in [2.05, 4.69) is 0 Å². The van der Waals surface area contributed by atoms with Gasteiger partial charge in [-0.2, -0.15) is 0 Å². The van der Waals surface area contributed by atoms with Gasteiger partial charge in [-0.25, -0.2) is 4.39 Å². The van der Waals surface area contributed by atoms with Gasteiger partial charge in [0.05, 0.1) is 6.10 Å². The van der Waals surface area contributed by atoms with E-state index in [-0.39, 0.29) is 12.0 Å². The first-order valence-corrected chi connectivity index (χ1v) is 5.72. The van der Waals surface area contributed by atoms with Crippen molar-refractivity contribution in [2.75, 3.05) is 6.61 Å². The molecule has 1 N–H and O–H groups in total. The average molecular weight is 245 g/mol. The molecule has 4 heteroatoms. The second kappa shape index (κ2) is 4.70. The van der Waals surface area contributed by atoms with Crippen LogP contribution in [-0.4, -0.2) is 17.8 Å². The summed E-state index contributed by atoms with van der Waals surface area (Å²) in [5.41, 5.74) is 0.403. The van der Waals surface area contributed by atoms with Crippen LogP contribution in [0.25, 0.3) is 0 Å². The molecule has 0 saturated carbocycles. The zero-order valence-corrected chi connectivity index (χ0v) is 9.75. The third-order valence-electron chi connectivity index (χ3n) is 3.03. The van der Waals surface area contributed by atoms with Gasteiger partial charge in [-0.15, -0.1) is 0 Å². The molecule has 3 unspecified atom stereocenters. The molecule has 16 heavy (non-hydrogen) atoms. The van der Waals surface area contributed by atoms with Crippen LogP contribution < -0.4 is 0 Å². The number of hydrogen-bond acceptors (Lipinski definition) is 2. The molecule has 1 heterocycles. The van der Waals surface area contributed by atoms with Crippen molar-refractivity contribution in [3.05, 3.63) is 34.6 Å². The summed E-state index contributed by atoms with van der Waals surface area (Å²) >= 11 is 5.93. The van der Waals surface area contributed by atoms with Crippen molar-refractivity contribution in [3.63, 3.8) is 0 Å². The second-order valence-corrected chi connectivity index (χ2v) is 4.62. The molecule has 2 nitrogen and oxygen atoms in total. The molecule has 1 aromatic carbocycles. The van der Waals surface area contributed by atoms with Crippen molar-refractivity contribution in [3.8, 4) is 0 Å². The number of aliphatic hydroxyl groups excluding tert-OH is 1. The summed E-state index contributed by atoms with van der Waals surface area (Å²) in [6.45, 7) is 2.64. The van der Waals surface area contributed by atoms with E-state index in [4.69, 9.17) is 16.3 Å². The van der Waals surface area contributed by atoms with Crippen LogP contribution in [0.5, 0.6) is 0 Å². The number of ether oxygens (including phenoxy) is 1. The SMILES string of the molecule is CC1CCOC1C(O)c1cc(F)ccc1Cl. The lowest BCUT2D eigenvalue weighted by molar-refractivity contribution is -0.0178. The maximum absolute atomic E-state index is 13.1. The summed E-state index contributed by atoms with van der Waals surface area (Å²) < 4.78 is 18.5. The van der Waals surface area contributed by atoms with E-state index in [9.17, 15) is 9.50 Å². The lowest BCUT2D eigenvalue weighted by Crippen LogP contribution is -2.23. The van der Waals surface area contributed by atoms with E-state index >= 15 is 0 Å². The van der Waals surface area contributed by atoms with Gasteiger partial charge in [0.15, 0.2) is 0 Å². The summed E-state index contributed by atoms with van der Waals surface area (Å²) in [6.07, 6.45) is -0.241. The highest BCUT2D eigenvalue weighted by Gasteiger charge is 2.32. The highest BCUT2D eigenvalue weighted by Crippen LogP contribution is 2.34. The third-order valence-corrected chi connectivity index (χ3v) is 3.38. The average Bonchev–Trinajstić information content (AvgIpc) is 2.67. The Morgan fingerprint density at radius 1 is 1.56 bits per heavy atom. The minimum atomic E-state index is -0.860. The molecule has 1 aromatic rings. The van der Waals surface area contributed by atoms with E-state index in [0.717, 1.165) is 6.42 Å². The summed E-state index contributed by atoms with van der Waals surface area (Å²) in [7, 11) is 0. The molecule has 0 bridgehead atoms. The number of halogens is 2. The molecule has 2 rings (SSSR count). The summed E-state index contributed by atoms with van der Waals surface area (Å²) in [4.78, 5) is 0. The Morgan fingerprint density at radius 2 is 2.31 bits per heavy atom. The number of hydrogen-bond donors (Lipinski definition) is 1. The lowest BCUT2D eigenvalue weighted by atomic mass is 9.95. The molecule has 1 saturated heterocycles. The van der Waals surface area contributed by atoms with Gasteiger partial charge >= 0.3 is 0 Å². The first-order valence-electron chi connectivity index (χ1n) is 5.34. The van der Waals surface area contributed by atoms with Crippen LogP contribution in [0.15, 0.2) is 18.2 Å². The van der Waals surface area contributed by atoms with E-state index < -0.39 is 11.9 Å². The van der Waals surface area contributed by atoms with Crippen molar-refractivity contribution < 1.29 is 14.2 Å². The zero-order chi connectivity index (χ0) is 11.7. The Balaban J connectivity index is 2.25. The fourth-order valence-electron chi connectivity index (χ4n) is 2.04. The van der Waals surface area contributed by atoms with Crippen LogP contribution in [-0.2, 0) is 4.74 Å². The molecule has 88 valence electrons. The van der Waals surface area contributed by atoms with Crippen LogP contribution >= 0.6 is 11.6 Å². The van der Waals surface area contributed by atoms with Gasteiger partial charge in [0.2, 0.25) is 0 Å². The predicted molar refractivity (Wildman–Crippen MR) is 59.9 cm³/mol. The fraction of sp³-hybridized carbons (Fsp3) is 0.500. The van der Waals surface area contributed by atoms with Crippen molar-refractivity contribution >= 4 is 11.6 Å². The van der Waals surface area contributed by atoms with Crippen LogP contribution in [0, 0.1) is 11.7 Å². The molecule has 0 amide bonds. The summed E-state index contributed by atoms with van der Waals surface area (Å²) in [6, 6.07) is 3.99. The van der Waals surface area contributed by atoms with Gasteiger partial charge in [-0.1, -0.05) is 18.5 Å². The van der Waals surface area contributed by atoms with Crippen LogP contribution in [0.4, 0.5) is 4.39 Å². The fourth-order valence-corrected chi connectivity index (χ4v) is 2.27. The number of rotatable bonds is 2. The Kier molecular flexibility index (Phi) is 3.47. The minimum Gasteiger partial charge on any atom is -0.386 e. The van der Waals surface area contributed by atoms with Gasteiger partial charge in [0.1, 0.15) is 11.9 Å². The summed E-state index contributed by atoms with van der Waals surface area (Å²) in [5.74, 6) is -0.140. The molecule has 1 fully saturated rings. The summed E-state index contributed by atoms with van der Waals surface area (Å²) in [5, 5.41) is 10.5. The predicted octanol–water partition coefficient (Wildman–Crippen LogP) is 2.94. The maximum atomic E-state index is 13.1. The monoisotopic (exact) mass is 244 g/mol. The second-order valence-electron chi connectivity index (χ2n) is 4.21. The maximum Gasteiger partial charge on any atom is 0.123 e. The van der Waals surface area contributed by atoms with Crippen molar-refractivity contribution in [1.29, 1.82) is 0 Å².